The van der Waals surface area contributed by atoms with E-state index in [2.05, 4.69) is 0 Å². The van der Waals surface area contributed by atoms with Gasteiger partial charge in [-0.05, 0) is 18.8 Å². The molecule has 1 aliphatic carbocycles. The fourth-order valence-corrected chi connectivity index (χ4v) is 2.63. The van der Waals surface area contributed by atoms with Crippen molar-refractivity contribution in [3.05, 3.63) is 0 Å². The van der Waals surface area contributed by atoms with Crippen LogP contribution in [-0.2, 0) is 10.0 Å². The van der Waals surface area contributed by atoms with E-state index in [-0.39, 0.29) is 5.92 Å². The number of sulfonamides is 1. The van der Waals surface area contributed by atoms with Crippen molar-refractivity contribution in [1.29, 1.82) is 5.26 Å². The average Bonchev–Trinajstić information content (AvgIpc) is 2.27. The van der Waals surface area contributed by atoms with Crippen molar-refractivity contribution in [3.8, 4) is 6.07 Å². The molecule has 16 heavy (non-hydrogen) atoms. The lowest BCUT2D eigenvalue weighted by atomic mass is 9.85. The van der Waals surface area contributed by atoms with Gasteiger partial charge in [0.15, 0.2) is 0 Å². The molecule has 1 aliphatic rings. The van der Waals surface area contributed by atoms with Crippen LogP contribution in [0.2, 0.25) is 0 Å². The molecule has 4 nitrogen and oxygen atoms in total. The number of halogens is 2. The van der Waals surface area contributed by atoms with Gasteiger partial charge in [-0.15, -0.1) is 0 Å². The smallest absolute Gasteiger partial charge is 0.206 e. The Bertz CT molecular complexity index is 358. The molecule has 1 unspecified atom stereocenters. The van der Waals surface area contributed by atoms with Gasteiger partial charge in [0.25, 0.3) is 10.0 Å². The Hall–Kier alpha value is -0.740. The van der Waals surface area contributed by atoms with Crippen LogP contribution in [0.15, 0.2) is 0 Å². The first kappa shape index (κ1) is 13.3. The molecule has 1 saturated carbocycles. The summed E-state index contributed by atoms with van der Waals surface area (Å²) in [7, 11) is -4.66. The second kappa shape index (κ2) is 5.55. The molecule has 0 saturated heterocycles. The molecule has 0 spiro atoms. The molecular formula is C9H14F2N2O2S. The molecule has 0 radical (unpaired) electrons. The summed E-state index contributed by atoms with van der Waals surface area (Å²) in [6.07, 6.45) is 4.31. The summed E-state index contributed by atoms with van der Waals surface area (Å²) in [6, 6.07) is 0.731. The maximum Gasteiger partial charge on any atom is 0.350 e. The molecular weight excluding hydrogens is 238 g/mol. The fourth-order valence-electron chi connectivity index (χ4n) is 1.92. The van der Waals surface area contributed by atoms with Crippen LogP contribution < -0.4 is 4.72 Å². The molecule has 0 aliphatic heterocycles. The minimum absolute atomic E-state index is 0.146. The summed E-state index contributed by atoms with van der Waals surface area (Å²) in [5.74, 6) is -3.63. The number of nitriles is 1. The minimum Gasteiger partial charge on any atom is -0.206 e. The first-order valence-corrected chi connectivity index (χ1v) is 6.71. The van der Waals surface area contributed by atoms with Crippen LogP contribution in [0.3, 0.4) is 0 Å². The SMILES string of the molecule is N#CC(NS(=O)(=O)C(F)F)C1CCCCC1. The van der Waals surface area contributed by atoms with E-state index in [0.717, 1.165) is 19.3 Å². The Labute approximate surface area is 93.7 Å². The van der Waals surface area contributed by atoms with Crippen molar-refractivity contribution in [2.45, 2.75) is 43.9 Å². The number of hydrogen-bond acceptors (Lipinski definition) is 3. The zero-order valence-corrected chi connectivity index (χ0v) is 9.51. The van der Waals surface area contributed by atoms with E-state index in [1.165, 1.54) is 0 Å². The largest absolute Gasteiger partial charge is 0.350 e. The molecule has 92 valence electrons. The van der Waals surface area contributed by atoms with Crippen LogP contribution in [0.5, 0.6) is 0 Å². The molecule has 0 aromatic heterocycles. The Morgan fingerprint density at radius 1 is 1.25 bits per heavy atom. The second-order valence-corrected chi connectivity index (χ2v) is 5.61. The monoisotopic (exact) mass is 252 g/mol. The predicted molar refractivity (Wildman–Crippen MR) is 54.0 cm³/mol. The molecule has 0 heterocycles. The molecule has 0 aromatic carbocycles. The predicted octanol–water partition coefficient (Wildman–Crippen LogP) is 1.60. The van der Waals surface area contributed by atoms with Crippen LogP contribution in [0.25, 0.3) is 0 Å². The maximum atomic E-state index is 12.1. The summed E-state index contributed by atoms with van der Waals surface area (Å²) >= 11 is 0. The Morgan fingerprint density at radius 3 is 2.25 bits per heavy atom. The third-order valence-electron chi connectivity index (χ3n) is 2.79. The van der Waals surface area contributed by atoms with E-state index in [0.29, 0.717) is 12.8 Å². The van der Waals surface area contributed by atoms with Gasteiger partial charge in [-0.3, -0.25) is 0 Å². The number of nitrogens with zero attached hydrogens (tertiary/aromatic N) is 1. The van der Waals surface area contributed by atoms with Crippen LogP contribution in [0.4, 0.5) is 8.78 Å². The highest BCUT2D eigenvalue weighted by Gasteiger charge is 2.32. The zero-order valence-electron chi connectivity index (χ0n) is 8.70. The van der Waals surface area contributed by atoms with Gasteiger partial charge in [0.1, 0.15) is 6.04 Å². The number of nitrogens with one attached hydrogen (secondary N) is 1. The summed E-state index contributed by atoms with van der Waals surface area (Å²) in [5.41, 5.74) is 0. The lowest BCUT2D eigenvalue weighted by molar-refractivity contribution is 0.229. The third-order valence-corrected chi connectivity index (χ3v) is 3.84. The Kier molecular flexibility index (Phi) is 4.62. The van der Waals surface area contributed by atoms with Gasteiger partial charge in [-0.2, -0.15) is 18.8 Å². The fraction of sp³-hybridized carbons (Fsp3) is 0.889. The first-order valence-electron chi connectivity index (χ1n) is 5.16. The van der Waals surface area contributed by atoms with E-state index < -0.39 is 21.8 Å². The molecule has 1 atom stereocenters. The van der Waals surface area contributed by atoms with Gasteiger partial charge in [0.05, 0.1) is 6.07 Å². The van der Waals surface area contributed by atoms with Gasteiger partial charge in [-0.1, -0.05) is 19.3 Å². The van der Waals surface area contributed by atoms with E-state index >= 15 is 0 Å². The topological polar surface area (TPSA) is 70.0 Å². The van der Waals surface area contributed by atoms with E-state index in [1.807, 2.05) is 0 Å². The summed E-state index contributed by atoms with van der Waals surface area (Å²) < 4.78 is 47.9. The molecule has 1 rings (SSSR count). The minimum atomic E-state index is -4.66. The van der Waals surface area contributed by atoms with Crippen molar-refractivity contribution < 1.29 is 17.2 Å². The van der Waals surface area contributed by atoms with E-state index in [9.17, 15) is 17.2 Å². The van der Waals surface area contributed by atoms with Crippen molar-refractivity contribution in [1.82, 2.24) is 4.72 Å². The van der Waals surface area contributed by atoms with E-state index in [1.54, 1.807) is 10.8 Å². The molecule has 7 heteroatoms. The Balaban J connectivity index is 2.65. The molecule has 0 amide bonds. The molecule has 0 aromatic rings. The highest BCUT2D eigenvalue weighted by atomic mass is 32.2. The highest BCUT2D eigenvalue weighted by molar-refractivity contribution is 7.89. The van der Waals surface area contributed by atoms with Crippen molar-refractivity contribution in [3.63, 3.8) is 0 Å². The van der Waals surface area contributed by atoms with Crippen LogP contribution in [-0.4, -0.2) is 20.2 Å². The van der Waals surface area contributed by atoms with Gasteiger partial charge >= 0.3 is 5.76 Å². The lowest BCUT2D eigenvalue weighted by Gasteiger charge is -2.25. The van der Waals surface area contributed by atoms with Crippen molar-refractivity contribution >= 4 is 10.0 Å². The van der Waals surface area contributed by atoms with Gasteiger partial charge in [0.2, 0.25) is 0 Å². The molecule has 0 bridgehead atoms. The molecule has 1 N–H and O–H groups in total. The van der Waals surface area contributed by atoms with Crippen LogP contribution in [0.1, 0.15) is 32.1 Å². The standard InChI is InChI=1S/C9H14F2N2O2S/c10-9(11)16(14,15)13-8(6-12)7-4-2-1-3-5-7/h7-9,13H,1-5H2. The van der Waals surface area contributed by atoms with Crippen LogP contribution in [0, 0.1) is 17.2 Å². The first-order chi connectivity index (χ1) is 7.47. The highest BCUT2D eigenvalue weighted by Crippen LogP contribution is 2.26. The second-order valence-electron chi connectivity index (χ2n) is 3.93. The van der Waals surface area contributed by atoms with Gasteiger partial charge in [0, 0.05) is 0 Å². The van der Waals surface area contributed by atoms with Gasteiger partial charge in [-0.25, -0.2) is 8.42 Å². The lowest BCUT2D eigenvalue weighted by Crippen LogP contribution is -2.42. The number of rotatable bonds is 4. The summed E-state index contributed by atoms with van der Waals surface area (Å²) in [6.45, 7) is 0. The number of hydrogen-bond donors (Lipinski definition) is 1. The molecule has 1 fully saturated rings. The summed E-state index contributed by atoms with van der Waals surface area (Å²) in [4.78, 5) is 0. The Morgan fingerprint density at radius 2 is 1.81 bits per heavy atom. The summed E-state index contributed by atoms with van der Waals surface area (Å²) in [5, 5.41) is 8.80. The zero-order chi connectivity index (χ0) is 12.2. The number of alkyl halides is 2. The maximum absolute atomic E-state index is 12.1. The van der Waals surface area contributed by atoms with Gasteiger partial charge < -0.3 is 0 Å². The average molecular weight is 252 g/mol. The quantitative estimate of drug-likeness (QED) is 0.826. The van der Waals surface area contributed by atoms with Crippen LogP contribution >= 0.6 is 0 Å². The van der Waals surface area contributed by atoms with Crippen molar-refractivity contribution in [2.24, 2.45) is 5.92 Å². The van der Waals surface area contributed by atoms with Crippen molar-refractivity contribution in [2.75, 3.05) is 0 Å². The third kappa shape index (κ3) is 3.39. The van der Waals surface area contributed by atoms with E-state index in [4.69, 9.17) is 5.26 Å². The normalized spacial score (nSPS) is 20.6.